The van der Waals surface area contributed by atoms with Gasteiger partial charge in [0.25, 0.3) is 0 Å². The summed E-state index contributed by atoms with van der Waals surface area (Å²) in [7, 11) is 0. The van der Waals surface area contributed by atoms with Gasteiger partial charge in [-0.1, -0.05) is 0 Å². The highest BCUT2D eigenvalue weighted by Gasteiger charge is 2.00. The van der Waals surface area contributed by atoms with Crippen LogP contribution in [0.4, 0.5) is 0 Å². The maximum absolute atomic E-state index is 8.48. The molecule has 4 N–H and O–H groups in total. The summed E-state index contributed by atoms with van der Waals surface area (Å²) in [6.07, 6.45) is 3.75. The van der Waals surface area contributed by atoms with Crippen LogP contribution in [0.1, 0.15) is 0 Å². The minimum absolute atomic E-state index is 0.0694. The Labute approximate surface area is 90.0 Å². The molecule has 0 saturated carbocycles. The van der Waals surface area contributed by atoms with Gasteiger partial charge in [-0.05, 0) is 12.1 Å². The zero-order chi connectivity index (χ0) is 11.4. The lowest BCUT2D eigenvalue weighted by Gasteiger charge is -2.17. The SMILES string of the molecule is OCCN(CCO)CCO.c1cc[nH]c1. The highest BCUT2D eigenvalue weighted by atomic mass is 16.3. The fourth-order valence-electron chi connectivity index (χ4n) is 1.04. The molecule has 0 saturated heterocycles. The van der Waals surface area contributed by atoms with Gasteiger partial charge in [0, 0.05) is 32.0 Å². The summed E-state index contributed by atoms with van der Waals surface area (Å²) in [5.74, 6) is 0. The van der Waals surface area contributed by atoms with Gasteiger partial charge in [-0.3, -0.25) is 4.90 Å². The van der Waals surface area contributed by atoms with E-state index in [4.69, 9.17) is 15.3 Å². The molecule has 5 heteroatoms. The van der Waals surface area contributed by atoms with Gasteiger partial charge in [-0.25, -0.2) is 0 Å². The minimum atomic E-state index is 0.0694. The van der Waals surface area contributed by atoms with Gasteiger partial charge in [0.2, 0.25) is 0 Å². The number of H-pyrrole nitrogens is 1. The van der Waals surface area contributed by atoms with Crippen LogP contribution in [0.15, 0.2) is 24.5 Å². The van der Waals surface area contributed by atoms with Gasteiger partial charge in [0.05, 0.1) is 19.8 Å². The summed E-state index contributed by atoms with van der Waals surface area (Å²) in [5.41, 5.74) is 0. The van der Waals surface area contributed by atoms with Crippen LogP contribution in [-0.2, 0) is 0 Å². The molecular formula is C10H20N2O3. The molecule has 0 atom stereocenters. The predicted molar refractivity (Wildman–Crippen MR) is 58.5 cm³/mol. The van der Waals surface area contributed by atoms with Crippen molar-refractivity contribution in [2.45, 2.75) is 0 Å². The first-order chi connectivity index (χ1) is 7.35. The Bertz CT molecular complexity index is 161. The molecule has 0 aliphatic rings. The summed E-state index contributed by atoms with van der Waals surface area (Å²) in [6, 6.07) is 3.89. The molecule has 0 bridgehead atoms. The highest BCUT2D eigenvalue weighted by molar-refractivity contribution is 4.84. The Morgan fingerprint density at radius 1 is 0.800 bits per heavy atom. The van der Waals surface area contributed by atoms with E-state index >= 15 is 0 Å². The minimum Gasteiger partial charge on any atom is -0.395 e. The number of nitrogens with one attached hydrogen (secondary N) is 1. The molecule has 1 aromatic rings. The first-order valence-electron chi connectivity index (χ1n) is 4.97. The van der Waals surface area contributed by atoms with E-state index in [1.807, 2.05) is 24.5 Å². The van der Waals surface area contributed by atoms with Crippen LogP contribution in [0.3, 0.4) is 0 Å². The highest BCUT2D eigenvalue weighted by Crippen LogP contribution is 1.84. The molecular weight excluding hydrogens is 196 g/mol. The Morgan fingerprint density at radius 3 is 1.40 bits per heavy atom. The molecule has 1 rings (SSSR count). The average Bonchev–Trinajstić information content (AvgIpc) is 2.77. The summed E-state index contributed by atoms with van der Waals surface area (Å²) >= 11 is 0. The van der Waals surface area contributed by atoms with E-state index in [0.717, 1.165) is 0 Å². The third kappa shape index (κ3) is 9.42. The molecule has 0 amide bonds. The van der Waals surface area contributed by atoms with Gasteiger partial charge < -0.3 is 20.3 Å². The van der Waals surface area contributed by atoms with Crippen LogP contribution < -0.4 is 0 Å². The van der Waals surface area contributed by atoms with Gasteiger partial charge in [-0.2, -0.15) is 0 Å². The van der Waals surface area contributed by atoms with Crippen molar-refractivity contribution in [1.29, 1.82) is 0 Å². The number of hydrogen-bond donors (Lipinski definition) is 4. The number of aliphatic hydroxyl groups is 3. The van der Waals surface area contributed by atoms with Gasteiger partial charge in [0.1, 0.15) is 0 Å². The molecule has 0 aliphatic carbocycles. The van der Waals surface area contributed by atoms with Crippen LogP contribution >= 0.6 is 0 Å². The lowest BCUT2D eigenvalue weighted by atomic mass is 10.4. The average molecular weight is 216 g/mol. The predicted octanol–water partition coefficient (Wildman–Crippen LogP) is -0.720. The maximum Gasteiger partial charge on any atom is 0.0558 e. The summed E-state index contributed by atoms with van der Waals surface area (Å²) in [4.78, 5) is 4.65. The van der Waals surface area contributed by atoms with Gasteiger partial charge >= 0.3 is 0 Å². The standard InChI is InChI=1S/C6H15NO3.C4H5N/c8-4-1-7(2-5-9)3-6-10;1-2-4-5-3-1/h8-10H,1-6H2;1-5H. The van der Waals surface area contributed by atoms with Crippen molar-refractivity contribution in [2.75, 3.05) is 39.5 Å². The van der Waals surface area contributed by atoms with E-state index < -0.39 is 0 Å². The Hall–Kier alpha value is -0.880. The molecule has 0 radical (unpaired) electrons. The summed E-state index contributed by atoms with van der Waals surface area (Å²) in [6.45, 7) is 1.75. The largest absolute Gasteiger partial charge is 0.395 e. The first kappa shape index (κ1) is 14.1. The molecule has 1 heterocycles. The Morgan fingerprint density at radius 2 is 1.20 bits per heavy atom. The van der Waals surface area contributed by atoms with Crippen molar-refractivity contribution >= 4 is 0 Å². The normalized spacial score (nSPS) is 9.87. The molecule has 88 valence electrons. The second kappa shape index (κ2) is 11.2. The van der Waals surface area contributed by atoms with Crippen molar-refractivity contribution in [3.8, 4) is 0 Å². The third-order valence-corrected chi connectivity index (χ3v) is 1.74. The molecule has 5 nitrogen and oxygen atoms in total. The van der Waals surface area contributed by atoms with Crippen LogP contribution in [-0.4, -0.2) is 64.7 Å². The van der Waals surface area contributed by atoms with Crippen molar-refractivity contribution in [3.63, 3.8) is 0 Å². The maximum atomic E-state index is 8.48. The van der Waals surface area contributed by atoms with Gasteiger partial charge in [0.15, 0.2) is 0 Å². The van der Waals surface area contributed by atoms with E-state index in [1.54, 1.807) is 4.90 Å². The molecule has 15 heavy (non-hydrogen) atoms. The van der Waals surface area contributed by atoms with E-state index in [0.29, 0.717) is 19.6 Å². The van der Waals surface area contributed by atoms with Crippen LogP contribution in [0, 0.1) is 0 Å². The molecule has 0 spiro atoms. The molecule has 0 unspecified atom stereocenters. The fraction of sp³-hybridized carbons (Fsp3) is 0.600. The van der Waals surface area contributed by atoms with Crippen molar-refractivity contribution in [3.05, 3.63) is 24.5 Å². The molecule has 0 fully saturated rings. The summed E-state index contributed by atoms with van der Waals surface area (Å²) < 4.78 is 0. The van der Waals surface area contributed by atoms with Crippen LogP contribution in [0.2, 0.25) is 0 Å². The van der Waals surface area contributed by atoms with Gasteiger partial charge in [-0.15, -0.1) is 0 Å². The number of aromatic amines is 1. The van der Waals surface area contributed by atoms with E-state index in [9.17, 15) is 0 Å². The molecule has 0 aliphatic heterocycles. The van der Waals surface area contributed by atoms with Crippen molar-refractivity contribution in [1.82, 2.24) is 9.88 Å². The fourth-order valence-corrected chi connectivity index (χ4v) is 1.04. The van der Waals surface area contributed by atoms with E-state index in [-0.39, 0.29) is 19.8 Å². The Kier molecular flexibility index (Phi) is 10.5. The number of nitrogens with zero attached hydrogens (tertiary/aromatic N) is 1. The number of hydrogen-bond acceptors (Lipinski definition) is 4. The smallest absolute Gasteiger partial charge is 0.0558 e. The quantitative estimate of drug-likeness (QED) is 0.506. The topological polar surface area (TPSA) is 79.7 Å². The van der Waals surface area contributed by atoms with E-state index in [1.165, 1.54) is 0 Å². The lowest BCUT2D eigenvalue weighted by molar-refractivity contribution is 0.136. The van der Waals surface area contributed by atoms with Crippen molar-refractivity contribution in [2.24, 2.45) is 0 Å². The molecule has 1 aromatic heterocycles. The summed E-state index contributed by atoms with van der Waals surface area (Å²) in [5, 5.41) is 25.5. The van der Waals surface area contributed by atoms with Crippen LogP contribution in [0.25, 0.3) is 0 Å². The van der Waals surface area contributed by atoms with E-state index in [2.05, 4.69) is 4.98 Å². The first-order valence-corrected chi connectivity index (χ1v) is 4.97. The lowest BCUT2D eigenvalue weighted by Crippen LogP contribution is -2.32. The number of aromatic nitrogens is 1. The monoisotopic (exact) mass is 216 g/mol. The third-order valence-electron chi connectivity index (χ3n) is 1.74. The second-order valence-corrected chi connectivity index (χ2v) is 2.90. The zero-order valence-electron chi connectivity index (χ0n) is 8.84. The second-order valence-electron chi connectivity index (χ2n) is 2.90. The molecule has 0 aromatic carbocycles. The number of aliphatic hydroxyl groups excluding tert-OH is 3. The Balaban J connectivity index is 0.000000322. The van der Waals surface area contributed by atoms with Crippen LogP contribution in [0.5, 0.6) is 0 Å². The number of rotatable bonds is 6. The van der Waals surface area contributed by atoms with Crippen molar-refractivity contribution < 1.29 is 15.3 Å². The zero-order valence-corrected chi connectivity index (χ0v) is 8.84.